The molecule has 1 unspecified atom stereocenters. The Balaban J connectivity index is 0. The molecule has 7 nitrogen and oxygen atoms in total. The zero-order valence-electron chi connectivity index (χ0n) is 18.2. The molecule has 0 aliphatic carbocycles. The number of primary amides is 1. The molecule has 8 heteroatoms. The van der Waals surface area contributed by atoms with Crippen molar-refractivity contribution in [1.82, 2.24) is 16.0 Å². The fourth-order valence-corrected chi connectivity index (χ4v) is 1.88. The summed E-state index contributed by atoms with van der Waals surface area (Å²) in [5.74, 6) is 0.665. The van der Waals surface area contributed by atoms with Crippen molar-refractivity contribution < 1.29 is 14.4 Å². The van der Waals surface area contributed by atoms with Crippen molar-refractivity contribution in [3.05, 3.63) is 0 Å². The molecule has 0 heterocycles. The van der Waals surface area contributed by atoms with Gasteiger partial charge >= 0.3 is 6.03 Å². The smallest absolute Gasteiger partial charge is 0.312 e. The van der Waals surface area contributed by atoms with E-state index in [0.29, 0.717) is 12.3 Å². The summed E-state index contributed by atoms with van der Waals surface area (Å²) in [6.45, 7) is 16.2. The lowest BCUT2D eigenvalue weighted by molar-refractivity contribution is -0.130. The minimum absolute atomic E-state index is 0.0295. The van der Waals surface area contributed by atoms with Crippen LogP contribution in [0.2, 0.25) is 0 Å². The predicted molar refractivity (Wildman–Crippen MR) is 115 cm³/mol. The Morgan fingerprint density at radius 2 is 1.56 bits per heavy atom. The van der Waals surface area contributed by atoms with Crippen molar-refractivity contribution in [3.8, 4) is 0 Å². The number of nitrogens with one attached hydrogen (secondary N) is 3. The average molecular weight is 405 g/mol. The summed E-state index contributed by atoms with van der Waals surface area (Å²) in [6.07, 6.45) is 0.933. The molecule has 0 aliphatic heterocycles. The van der Waals surface area contributed by atoms with E-state index in [0.717, 1.165) is 6.42 Å². The molecule has 0 bridgehead atoms. The van der Waals surface area contributed by atoms with E-state index < -0.39 is 11.4 Å². The fourth-order valence-electron chi connectivity index (χ4n) is 1.79. The van der Waals surface area contributed by atoms with Crippen LogP contribution in [-0.4, -0.2) is 48.1 Å². The molecule has 0 aromatic rings. The zero-order chi connectivity index (χ0) is 21.8. The third-order valence-electron chi connectivity index (χ3n) is 3.70. The number of nitrogens with two attached hydrogens (primary N) is 1. The quantitative estimate of drug-likeness (QED) is 0.379. The van der Waals surface area contributed by atoms with E-state index in [1.165, 1.54) is 0 Å². The van der Waals surface area contributed by atoms with E-state index in [-0.39, 0.29) is 35.7 Å². The van der Waals surface area contributed by atoms with Crippen LogP contribution in [-0.2, 0) is 9.59 Å². The SMILES string of the molecule is CC(C)C(NC(C)(C)CS)C(=O)NCC(=O)C(C)(C)C.CCCNC(N)=O. The molecule has 0 aromatic heterocycles. The molecule has 0 spiro atoms. The van der Waals surface area contributed by atoms with Crippen molar-refractivity contribution in [1.29, 1.82) is 0 Å². The highest BCUT2D eigenvalue weighted by Crippen LogP contribution is 2.14. The molecular formula is C19H40N4O3S. The number of Topliss-reactive ketones (excluding diaryl/α,β-unsaturated/α-hetero) is 1. The van der Waals surface area contributed by atoms with Gasteiger partial charge in [0.05, 0.1) is 12.6 Å². The summed E-state index contributed by atoms with van der Waals surface area (Å²) in [5.41, 5.74) is 4.06. The van der Waals surface area contributed by atoms with E-state index in [1.807, 2.05) is 55.4 Å². The number of ketones is 1. The standard InChI is InChI=1S/C15H30N2O2S.C4H10N2O/c1-10(2)12(17-15(6,7)9-20)13(19)16-8-11(18)14(3,4)5;1-2-3-6-4(5)7/h10,12,17,20H,8-9H2,1-7H3,(H,16,19);2-3H2,1H3,(H3,5,6,7). The van der Waals surface area contributed by atoms with Gasteiger partial charge in [-0.05, 0) is 26.2 Å². The van der Waals surface area contributed by atoms with Gasteiger partial charge in [-0.3, -0.25) is 14.9 Å². The van der Waals surface area contributed by atoms with Gasteiger partial charge in [0.25, 0.3) is 0 Å². The van der Waals surface area contributed by atoms with Gasteiger partial charge in [-0.15, -0.1) is 0 Å². The first-order valence-corrected chi connectivity index (χ1v) is 10.0. The van der Waals surface area contributed by atoms with Crippen LogP contribution in [0.5, 0.6) is 0 Å². The number of hydrogen-bond acceptors (Lipinski definition) is 5. The van der Waals surface area contributed by atoms with Gasteiger partial charge in [-0.25, -0.2) is 4.79 Å². The predicted octanol–water partition coefficient (Wildman–Crippen LogP) is 2.11. The van der Waals surface area contributed by atoms with Crippen molar-refractivity contribution in [2.45, 2.75) is 73.4 Å². The van der Waals surface area contributed by atoms with Gasteiger partial charge in [0.2, 0.25) is 5.91 Å². The maximum Gasteiger partial charge on any atom is 0.312 e. The Kier molecular flexibility index (Phi) is 13.4. The summed E-state index contributed by atoms with van der Waals surface area (Å²) < 4.78 is 0. The number of hydrogen-bond donors (Lipinski definition) is 5. The van der Waals surface area contributed by atoms with Crippen LogP contribution >= 0.6 is 12.6 Å². The molecule has 1 atom stereocenters. The third-order valence-corrected chi connectivity index (χ3v) is 4.49. The maximum absolute atomic E-state index is 12.3. The van der Waals surface area contributed by atoms with Gasteiger partial charge in [0.15, 0.2) is 5.78 Å². The second kappa shape index (κ2) is 13.0. The molecule has 0 radical (unpaired) electrons. The Morgan fingerprint density at radius 1 is 1.04 bits per heavy atom. The van der Waals surface area contributed by atoms with Gasteiger partial charge in [0, 0.05) is 23.3 Å². The normalized spacial score (nSPS) is 12.7. The monoisotopic (exact) mass is 404 g/mol. The molecule has 0 aliphatic rings. The first-order valence-electron chi connectivity index (χ1n) is 9.40. The van der Waals surface area contributed by atoms with Crippen molar-refractivity contribution in [3.63, 3.8) is 0 Å². The van der Waals surface area contributed by atoms with Gasteiger partial charge in [0.1, 0.15) is 0 Å². The Morgan fingerprint density at radius 3 is 1.85 bits per heavy atom. The van der Waals surface area contributed by atoms with E-state index in [9.17, 15) is 14.4 Å². The molecule has 0 fully saturated rings. The summed E-state index contributed by atoms with van der Waals surface area (Å²) in [5, 5.41) is 8.48. The molecule has 0 saturated carbocycles. The molecule has 0 saturated heterocycles. The lowest BCUT2D eigenvalue weighted by Gasteiger charge is -2.32. The minimum Gasteiger partial charge on any atom is -0.352 e. The van der Waals surface area contributed by atoms with E-state index in [1.54, 1.807) is 0 Å². The zero-order valence-corrected chi connectivity index (χ0v) is 19.1. The molecule has 27 heavy (non-hydrogen) atoms. The highest BCUT2D eigenvalue weighted by atomic mass is 32.1. The third kappa shape index (κ3) is 14.4. The molecule has 5 N–H and O–H groups in total. The number of thiol groups is 1. The molecule has 160 valence electrons. The number of urea groups is 1. The lowest BCUT2D eigenvalue weighted by atomic mass is 9.90. The second-order valence-electron chi connectivity index (χ2n) is 8.59. The first-order chi connectivity index (χ1) is 12.2. The minimum atomic E-state index is -0.443. The maximum atomic E-state index is 12.3. The van der Waals surface area contributed by atoms with Crippen LogP contribution < -0.4 is 21.7 Å². The molecule has 0 aromatic carbocycles. The van der Waals surface area contributed by atoms with Crippen molar-refractivity contribution in [2.24, 2.45) is 17.1 Å². The Hall–Kier alpha value is -1.28. The summed E-state index contributed by atoms with van der Waals surface area (Å²) >= 11 is 4.29. The number of rotatable bonds is 9. The summed E-state index contributed by atoms with van der Waals surface area (Å²) in [6, 6.07) is -0.772. The van der Waals surface area contributed by atoms with Gasteiger partial charge < -0.3 is 16.4 Å². The van der Waals surface area contributed by atoms with Gasteiger partial charge in [-0.2, -0.15) is 12.6 Å². The number of carbonyl (C=O) groups excluding carboxylic acids is 3. The lowest BCUT2D eigenvalue weighted by Crippen LogP contribution is -2.56. The van der Waals surface area contributed by atoms with Crippen LogP contribution in [0.25, 0.3) is 0 Å². The summed E-state index contributed by atoms with van der Waals surface area (Å²) in [4.78, 5) is 34.0. The van der Waals surface area contributed by atoms with Crippen LogP contribution in [0, 0.1) is 11.3 Å². The van der Waals surface area contributed by atoms with Crippen molar-refractivity contribution >= 4 is 30.4 Å². The van der Waals surface area contributed by atoms with Crippen LogP contribution in [0.3, 0.4) is 0 Å². The van der Waals surface area contributed by atoms with Crippen LogP contribution in [0.4, 0.5) is 4.79 Å². The topological polar surface area (TPSA) is 113 Å². The highest BCUT2D eigenvalue weighted by Gasteiger charge is 2.29. The van der Waals surface area contributed by atoms with E-state index in [2.05, 4.69) is 28.6 Å². The Bertz CT molecular complexity index is 474. The molecular weight excluding hydrogens is 364 g/mol. The van der Waals surface area contributed by atoms with Crippen LogP contribution in [0.1, 0.15) is 61.8 Å². The number of carbonyl (C=O) groups is 3. The first kappa shape index (κ1) is 27.9. The fraction of sp³-hybridized carbons (Fsp3) is 0.842. The highest BCUT2D eigenvalue weighted by molar-refractivity contribution is 7.80. The van der Waals surface area contributed by atoms with Crippen LogP contribution in [0.15, 0.2) is 0 Å². The summed E-state index contributed by atoms with van der Waals surface area (Å²) in [7, 11) is 0. The molecule has 3 amide bonds. The van der Waals surface area contributed by atoms with E-state index >= 15 is 0 Å². The van der Waals surface area contributed by atoms with Gasteiger partial charge in [-0.1, -0.05) is 41.5 Å². The van der Waals surface area contributed by atoms with E-state index in [4.69, 9.17) is 5.73 Å². The average Bonchev–Trinajstić information content (AvgIpc) is 2.54. The second-order valence-corrected chi connectivity index (χ2v) is 8.91. The van der Waals surface area contributed by atoms with Crippen molar-refractivity contribution in [2.75, 3.05) is 18.8 Å². The molecule has 0 rings (SSSR count). The largest absolute Gasteiger partial charge is 0.352 e. The number of amides is 3. The Labute approximate surface area is 170 Å².